The predicted octanol–water partition coefficient (Wildman–Crippen LogP) is 13.1. The molecule has 1 atom stereocenters. The maximum atomic E-state index is 2.48. The van der Waals surface area contributed by atoms with Crippen LogP contribution in [0.25, 0.3) is 66.1 Å². The second-order valence-electron chi connectivity index (χ2n) is 15.8. The highest BCUT2D eigenvalue weighted by Crippen LogP contribution is 2.45. The summed E-state index contributed by atoms with van der Waals surface area (Å²) in [6.07, 6.45) is 1.15. The van der Waals surface area contributed by atoms with Crippen LogP contribution in [0.5, 0.6) is 0 Å². The lowest BCUT2D eigenvalue weighted by Crippen LogP contribution is -2.23. The first kappa shape index (κ1) is 30.3. The van der Waals surface area contributed by atoms with Crippen LogP contribution in [0.2, 0.25) is 0 Å². The van der Waals surface area contributed by atoms with E-state index in [1.807, 2.05) is 0 Å². The van der Waals surface area contributed by atoms with Gasteiger partial charge < -0.3 is 9.13 Å². The van der Waals surface area contributed by atoms with Crippen LogP contribution in [0.3, 0.4) is 0 Å². The average Bonchev–Trinajstić information content (AvgIpc) is 3.59. The fourth-order valence-corrected chi connectivity index (χ4v) is 7.85. The topological polar surface area (TPSA) is 9.86 Å². The summed E-state index contributed by atoms with van der Waals surface area (Å²) in [5.41, 5.74) is 11.6. The van der Waals surface area contributed by atoms with E-state index < -0.39 is 0 Å². The molecular weight excluding hydrogens is 581 g/mol. The Morgan fingerprint density at radius 1 is 0.438 bits per heavy atom. The molecule has 6 aromatic carbocycles. The van der Waals surface area contributed by atoms with E-state index in [0.29, 0.717) is 5.92 Å². The monoisotopic (exact) mass is 624 g/mol. The molecule has 0 radical (unpaired) electrons. The molecule has 0 aliphatic rings. The zero-order valence-corrected chi connectivity index (χ0v) is 29.0. The van der Waals surface area contributed by atoms with Crippen LogP contribution in [0.15, 0.2) is 140 Å². The summed E-state index contributed by atoms with van der Waals surface area (Å²) in [5.74, 6) is 0.468. The van der Waals surface area contributed by atoms with Crippen molar-refractivity contribution in [3.8, 4) is 22.5 Å². The first-order chi connectivity index (χ1) is 23.1. The molecule has 238 valence electrons. The minimum absolute atomic E-state index is 0.169. The van der Waals surface area contributed by atoms with E-state index in [1.165, 1.54) is 71.7 Å². The Balaban J connectivity index is 1.27. The molecule has 0 N–H and O–H groups in total. The molecule has 0 aliphatic heterocycles. The molecule has 0 fully saturated rings. The number of benzene rings is 6. The van der Waals surface area contributed by atoms with Crippen molar-refractivity contribution in [2.45, 2.75) is 53.9 Å². The first-order valence-corrected chi connectivity index (χ1v) is 17.3. The molecule has 8 aromatic rings. The smallest absolute Gasteiger partial charge is 0.0541 e. The summed E-state index contributed by atoms with van der Waals surface area (Å²) in [7, 11) is 0. The van der Waals surface area contributed by atoms with Crippen molar-refractivity contribution >= 4 is 43.6 Å². The molecule has 0 spiro atoms. The number of para-hydroxylation sites is 3. The fraction of sp³-hybridized carbons (Fsp3) is 0.217. The highest BCUT2D eigenvalue weighted by Gasteiger charge is 2.31. The Morgan fingerprint density at radius 3 is 1.60 bits per heavy atom. The van der Waals surface area contributed by atoms with Crippen molar-refractivity contribution in [3.63, 3.8) is 0 Å². The number of hydrogen-bond donors (Lipinski definition) is 0. The maximum absolute atomic E-state index is 2.48. The van der Waals surface area contributed by atoms with E-state index >= 15 is 0 Å². The van der Waals surface area contributed by atoms with E-state index in [2.05, 4.69) is 190 Å². The summed E-state index contributed by atoms with van der Waals surface area (Å²) in [6.45, 7) is 14.3. The molecule has 2 nitrogen and oxygen atoms in total. The fourth-order valence-electron chi connectivity index (χ4n) is 7.85. The van der Waals surface area contributed by atoms with Gasteiger partial charge in [-0.1, -0.05) is 120 Å². The van der Waals surface area contributed by atoms with Crippen LogP contribution in [-0.2, 0) is 0 Å². The lowest BCUT2D eigenvalue weighted by atomic mass is 9.69. The molecule has 0 bridgehead atoms. The zero-order chi connectivity index (χ0) is 33.2. The van der Waals surface area contributed by atoms with Gasteiger partial charge in [-0.2, -0.15) is 0 Å². The van der Waals surface area contributed by atoms with E-state index in [-0.39, 0.29) is 10.8 Å². The number of hydrogen-bond acceptors (Lipinski definition) is 0. The van der Waals surface area contributed by atoms with Crippen molar-refractivity contribution < 1.29 is 0 Å². The quantitative estimate of drug-likeness (QED) is 0.180. The van der Waals surface area contributed by atoms with Gasteiger partial charge in [-0.05, 0) is 101 Å². The lowest BCUT2D eigenvalue weighted by Gasteiger charge is -2.36. The number of rotatable bonds is 5. The predicted molar refractivity (Wildman–Crippen MR) is 207 cm³/mol. The Kier molecular flexibility index (Phi) is 7.11. The van der Waals surface area contributed by atoms with E-state index in [9.17, 15) is 0 Å². The summed E-state index contributed by atoms with van der Waals surface area (Å²) in [4.78, 5) is 0. The molecule has 1 unspecified atom stereocenters. The number of aromatic nitrogens is 2. The standard InChI is InChI=1S/C46H44N2/c1-45(2,3)30-40(46(4,5)6)33-24-26-44-39(29-33)37-20-11-13-22-42(37)48(44)35-18-14-15-31(27-35)32-23-25-43-38(28-32)36-19-10-12-21-41(36)47(43)34-16-8-7-9-17-34/h7-29,40H,30H2,1-6H3. The van der Waals surface area contributed by atoms with E-state index in [1.54, 1.807) is 0 Å². The Bertz CT molecular complexity index is 2440. The summed E-state index contributed by atoms with van der Waals surface area (Å²) in [6, 6.07) is 51.5. The Hall–Kier alpha value is -5.08. The molecule has 48 heavy (non-hydrogen) atoms. The summed E-state index contributed by atoms with van der Waals surface area (Å²) >= 11 is 0. The zero-order valence-electron chi connectivity index (χ0n) is 29.0. The Labute approximate surface area is 284 Å². The number of nitrogens with zero attached hydrogens (tertiary/aromatic N) is 2. The largest absolute Gasteiger partial charge is 0.309 e. The molecule has 0 amide bonds. The molecule has 2 heteroatoms. The van der Waals surface area contributed by atoms with Crippen molar-refractivity contribution in [2.75, 3.05) is 0 Å². The molecule has 2 aromatic heterocycles. The van der Waals surface area contributed by atoms with Crippen molar-refractivity contribution in [3.05, 3.63) is 145 Å². The molecule has 2 heterocycles. The normalized spacial score (nSPS) is 13.2. The average molecular weight is 625 g/mol. The van der Waals surface area contributed by atoms with Gasteiger partial charge in [-0.25, -0.2) is 0 Å². The molecular formula is C46H44N2. The Morgan fingerprint density at radius 2 is 0.958 bits per heavy atom. The minimum Gasteiger partial charge on any atom is -0.309 e. The van der Waals surface area contributed by atoms with Gasteiger partial charge in [-0.15, -0.1) is 0 Å². The molecule has 0 aliphatic carbocycles. The van der Waals surface area contributed by atoms with E-state index in [4.69, 9.17) is 0 Å². The summed E-state index contributed by atoms with van der Waals surface area (Å²) in [5, 5.41) is 5.17. The summed E-state index contributed by atoms with van der Waals surface area (Å²) < 4.78 is 4.83. The van der Waals surface area contributed by atoms with Crippen LogP contribution >= 0.6 is 0 Å². The van der Waals surface area contributed by atoms with Gasteiger partial charge in [0.25, 0.3) is 0 Å². The second kappa shape index (κ2) is 11.3. The van der Waals surface area contributed by atoms with Crippen LogP contribution in [0, 0.1) is 10.8 Å². The van der Waals surface area contributed by atoms with Crippen LogP contribution in [-0.4, -0.2) is 9.13 Å². The third-order valence-corrected chi connectivity index (χ3v) is 10.1. The molecule has 8 rings (SSSR count). The van der Waals surface area contributed by atoms with Gasteiger partial charge in [0, 0.05) is 32.9 Å². The van der Waals surface area contributed by atoms with Crippen LogP contribution in [0.1, 0.15) is 59.4 Å². The second-order valence-corrected chi connectivity index (χ2v) is 15.8. The van der Waals surface area contributed by atoms with E-state index in [0.717, 1.165) is 6.42 Å². The van der Waals surface area contributed by atoms with Gasteiger partial charge in [0.05, 0.1) is 22.1 Å². The highest BCUT2D eigenvalue weighted by atomic mass is 15.0. The van der Waals surface area contributed by atoms with Gasteiger partial charge in [0.1, 0.15) is 0 Å². The van der Waals surface area contributed by atoms with Crippen LogP contribution in [0.4, 0.5) is 0 Å². The van der Waals surface area contributed by atoms with Gasteiger partial charge in [0.15, 0.2) is 0 Å². The van der Waals surface area contributed by atoms with Crippen LogP contribution < -0.4 is 0 Å². The molecule has 0 saturated heterocycles. The van der Waals surface area contributed by atoms with Crippen molar-refractivity contribution in [2.24, 2.45) is 10.8 Å². The van der Waals surface area contributed by atoms with Gasteiger partial charge in [-0.3, -0.25) is 0 Å². The first-order valence-electron chi connectivity index (χ1n) is 17.3. The van der Waals surface area contributed by atoms with Gasteiger partial charge >= 0.3 is 0 Å². The SMILES string of the molecule is CC(C)(C)CC(c1ccc2c(c1)c1ccccc1n2-c1cccc(-c2ccc3c(c2)c2ccccc2n3-c2ccccc2)c1)C(C)(C)C. The van der Waals surface area contributed by atoms with Crippen molar-refractivity contribution in [1.82, 2.24) is 9.13 Å². The maximum Gasteiger partial charge on any atom is 0.0541 e. The minimum atomic E-state index is 0.169. The third-order valence-electron chi connectivity index (χ3n) is 10.1. The van der Waals surface area contributed by atoms with Gasteiger partial charge in [0.2, 0.25) is 0 Å². The lowest BCUT2D eigenvalue weighted by molar-refractivity contribution is 0.229. The third kappa shape index (κ3) is 5.21. The number of fused-ring (bicyclic) bond motifs is 6. The molecule has 0 saturated carbocycles. The van der Waals surface area contributed by atoms with Crippen molar-refractivity contribution in [1.29, 1.82) is 0 Å². The highest BCUT2D eigenvalue weighted by molar-refractivity contribution is 6.11.